The van der Waals surface area contributed by atoms with Crippen molar-refractivity contribution in [3.8, 4) is 17.2 Å². The average molecular weight is 405 g/mol. The number of rotatable bonds is 8. The number of amides is 1. The number of hydrogen-bond donors (Lipinski definition) is 1. The summed E-state index contributed by atoms with van der Waals surface area (Å²) in [7, 11) is 4.57. The second-order valence-electron chi connectivity index (χ2n) is 5.65. The summed E-state index contributed by atoms with van der Waals surface area (Å²) in [4.78, 5) is 17.3. The lowest BCUT2D eigenvalue weighted by Crippen LogP contribution is -2.30. The minimum Gasteiger partial charge on any atom is -0.493 e. The monoisotopic (exact) mass is 404 g/mol. The van der Waals surface area contributed by atoms with E-state index in [9.17, 15) is 4.79 Å². The van der Waals surface area contributed by atoms with E-state index in [4.69, 9.17) is 14.2 Å². The number of nitrogens with zero attached hydrogens (tertiary/aromatic N) is 1. The molecular weight excluding hydrogens is 384 g/mol. The highest BCUT2D eigenvalue weighted by Gasteiger charge is 2.22. The zero-order chi connectivity index (χ0) is 19.2. The number of thiazole rings is 1. The summed E-state index contributed by atoms with van der Waals surface area (Å²) in [5.41, 5.74) is 1.58. The molecule has 3 aromatic rings. The molecule has 142 valence electrons. The predicted octanol–water partition coefficient (Wildman–Crippen LogP) is 3.94. The van der Waals surface area contributed by atoms with Crippen LogP contribution in [0.25, 0.3) is 0 Å². The minimum atomic E-state index is -0.232. The smallest absolute Gasteiger partial charge is 0.252 e. The topological polar surface area (TPSA) is 69.7 Å². The zero-order valence-corrected chi connectivity index (χ0v) is 16.9. The maximum Gasteiger partial charge on any atom is 0.252 e. The molecule has 8 heteroatoms. The molecule has 0 radical (unpaired) electrons. The van der Waals surface area contributed by atoms with Crippen molar-refractivity contribution >= 4 is 28.6 Å². The lowest BCUT2D eigenvalue weighted by molar-refractivity contribution is 0.0935. The molecule has 2 aromatic heterocycles. The molecule has 1 atom stereocenters. The van der Waals surface area contributed by atoms with Crippen molar-refractivity contribution in [1.82, 2.24) is 10.3 Å². The van der Waals surface area contributed by atoms with Crippen LogP contribution in [-0.2, 0) is 6.42 Å². The summed E-state index contributed by atoms with van der Waals surface area (Å²) >= 11 is 3.15. The van der Waals surface area contributed by atoms with Crippen molar-refractivity contribution in [2.24, 2.45) is 0 Å². The molecular formula is C19H20N2O4S2. The molecule has 0 saturated heterocycles. The van der Waals surface area contributed by atoms with Gasteiger partial charge < -0.3 is 19.5 Å². The van der Waals surface area contributed by atoms with E-state index in [-0.39, 0.29) is 11.9 Å². The molecule has 1 unspecified atom stereocenters. The van der Waals surface area contributed by atoms with Crippen molar-refractivity contribution < 1.29 is 19.0 Å². The van der Waals surface area contributed by atoms with E-state index < -0.39 is 0 Å². The van der Waals surface area contributed by atoms with Crippen LogP contribution in [0.3, 0.4) is 0 Å². The second-order valence-corrected chi connectivity index (χ2v) is 7.35. The Morgan fingerprint density at radius 3 is 2.41 bits per heavy atom. The Kier molecular flexibility index (Phi) is 6.31. The number of aromatic nitrogens is 1. The highest BCUT2D eigenvalue weighted by molar-refractivity contribution is 7.09. The van der Waals surface area contributed by atoms with E-state index in [2.05, 4.69) is 21.7 Å². The summed E-state index contributed by atoms with van der Waals surface area (Å²) in [6.45, 7) is 0. The van der Waals surface area contributed by atoms with Gasteiger partial charge in [0.1, 0.15) is 5.01 Å². The molecule has 1 aromatic carbocycles. The molecule has 0 aliphatic rings. The van der Waals surface area contributed by atoms with Gasteiger partial charge >= 0.3 is 0 Å². The van der Waals surface area contributed by atoms with Crippen LogP contribution in [0.2, 0.25) is 0 Å². The molecule has 2 heterocycles. The number of thiophene rings is 1. The third-order valence-corrected chi connectivity index (χ3v) is 5.62. The minimum absolute atomic E-state index is 0.216. The Labute approximate surface area is 165 Å². The quantitative estimate of drug-likeness (QED) is 0.616. The van der Waals surface area contributed by atoms with Gasteiger partial charge in [0.25, 0.3) is 5.91 Å². The number of benzene rings is 1. The van der Waals surface area contributed by atoms with Crippen LogP contribution < -0.4 is 19.5 Å². The lowest BCUT2D eigenvalue weighted by atomic mass is 10.1. The number of hydrogen-bond acceptors (Lipinski definition) is 7. The standard InChI is InChI=1S/C19H20N2O4S2/c1-23-15-9-13(10-16(24-2)17(15)25-3)18(22)21-14(19-20-5-7-27-19)8-12-4-6-26-11-12/h4-7,9-11,14H,8H2,1-3H3,(H,21,22). The first kappa shape index (κ1) is 19.2. The van der Waals surface area contributed by atoms with Crippen LogP contribution in [0.4, 0.5) is 0 Å². The fourth-order valence-corrected chi connectivity index (χ4v) is 4.08. The third-order valence-electron chi connectivity index (χ3n) is 4.00. The van der Waals surface area contributed by atoms with E-state index in [0.29, 0.717) is 29.2 Å². The highest BCUT2D eigenvalue weighted by Crippen LogP contribution is 2.38. The molecule has 1 N–H and O–H groups in total. The summed E-state index contributed by atoms with van der Waals surface area (Å²) in [6, 6.07) is 5.11. The van der Waals surface area contributed by atoms with Crippen LogP contribution in [0.15, 0.2) is 40.5 Å². The fraction of sp³-hybridized carbons (Fsp3) is 0.263. The van der Waals surface area contributed by atoms with Crippen molar-refractivity contribution in [2.75, 3.05) is 21.3 Å². The molecule has 0 aliphatic heterocycles. The summed E-state index contributed by atoms with van der Waals surface area (Å²) in [5, 5.41) is 9.94. The molecule has 0 bridgehead atoms. The maximum atomic E-state index is 12.9. The van der Waals surface area contributed by atoms with Crippen LogP contribution in [0, 0.1) is 0 Å². The van der Waals surface area contributed by atoms with Gasteiger partial charge in [0.15, 0.2) is 11.5 Å². The summed E-state index contributed by atoms with van der Waals surface area (Å²) in [6.07, 6.45) is 2.42. The normalized spacial score (nSPS) is 11.7. The molecule has 0 fully saturated rings. The van der Waals surface area contributed by atoms with Crippen molar-refractivity contribution in [3.63, 3.8) is 0 Å². The SMILES string of the molecule is COc1cc(C(=O)NC(Cc2ccsc2)c2nccs2)cc(OC)c1OC. The Morgan fingerprint density at radius 2 is 1.89 bits per heavy atom. The number of carbonyl (C=O) groups is 1. The van der Waals surface area contributed by atoms with E-state index in [1.165, 1.54) is 32.7 Å². The van der Waals surface area contributed by atoms with Gasteiger partial charge in [0, 0.05) is 23.6 Å². The maximum absolute atomic E-state index is 12.9. The molecule has 1 amide bonds. The average Bonchev–Trinajstić information content (AvgIpc) is 3.40. The lowest BCUT2D eigenvalue weighted by Gasteiger charge is -2.18. The first-order chi connectivity index (χ1) is 13.2. The molecule has 0 spiro atoms. The van der Waals surface area contributed by atoms with Crippen LogP contribution >= 0.6 is 22.7 Å². The first-order valence-electron chi connectivity index (χ1n) is 8.17. The molecule has 0 saturated carbocycles. The van der Waals surface area contributed by atoms with Crippen LogP contribution in [0.5, 0.6) is 17.2 Å². The van der Waals surface area contributed by atoms with E-state index in [0.717, 1.165) is 10.6 Å². The Hall–Kier alpha value is -2.58. The van der Waals surface area contributed by atoms with E-state index >= 15 is 0 Å². The Bertz CT molecular complexity index is 854. The van der Waals surface area contributed by atoms with E-state index in [1.807, 2.05) is 10.8 Å². The number of carbonyl (C=O) groups excluding carboxylic acids is 1. The van der Waals surface area contributed by atoms with E-state index in [1.54, 1.807) is 29.7 Å². The number of methoxy groups -OCH3 is 3. The first-order valence-corrected chi connectivity index (χ1v) is 9.99. The Morgan fingerprint density at radius 1 is 1.15 bits per heavy atom. The predicted molar refractivity (Wildman–Crippen MR) is 106 cm³/mol. The molecule has 27 heavy (non-hydrogen) atoms. The van der Waals surface area contributed by atoms with Gasteiger partial charge in [-0.3, -0.25) is 4.79 Å². The van der Waals surface area contributed by atoms with Gasteiger partial charge in [0.2, 0.25) is 5.75 Å². The van der Waals surface area contributed by atoms with Crippen molar-refractivity contribution in [3.05, 3.63) is 56.7 Å². The van der Waals surface area contributed by atoms with Crippen molar-refractivity contribution in [1.29, 1.82) is 0 Å². The summed E-state index contributed by atoms with van der Waals surface area (Å²) in [5.74, 6) is 1.09. The molecule has 3 rings (SSSR count). The second kappa shape index (κ2) is 8.88. The summed E-state index contributed by atoms with van der Waals surface area (Å²) < 4.78 is 16.0. The van der Waals surface area contributed by atoms with Gasteiger partial charge in [-0.2, -0.15) is 11.3 Å². The van der Waals surface area contributed by atoms with Gasteiger partial charge in [-0.1, -0.05) is 0 Å². The molecule has 6 nitrogen and oxygen atoms in total. The van der Waals surface area contributed by atoms with Crippen molar-refractivity contribution in [2.45, 2.75) is 12.5 Å². The van der Waals surface area contributed by atoms with Gasteiger partial charge in [-0.05, 0) is 34.5 Å². The third kappa shape index (κ3) is 4.40. The van der Waals surface area contributed by atoms with Gasteiger partial charge in [0.05, 0.1) is 27.4 Å². The number of ether oxygens (including phenoxy) is 3. The van der Waals surface area contributed by atoms with Crippen LogP contribution in [-0.4, -0.2) is 32.2 Å². The fourth-order valence-electron chi connectivity index (χ4n) is 2.70. The number of nitrogens with one attached hydrogen (secondary N) is 1. The zero-order valence-electron chi connectivity index (χ0n) is 15.2. The van der Waals surface area contributed by atoms with Gasteiger partial charge in [-0.25, -0.2) is 4.98 Å². The largest absolute Gasteiger partial charge is 0.493 e. The van der Waals surface area contributed by atoms with Gasteiger partial charge in [-0.15, -0.1) is 11.3 Å². The van der Waals surface area contributed by atoms with Crippen LogP contribution in [0.1, 0.15) is 27.0 Å². The highest BCUT2D eigenvalue weighted by atomic mass is 32.1. The Balaban J connectivity index is 1.87. The molecule has 0 aliphatic carbocycles.